The molecule has 0 radical (unpaired) electrons. The van der Waals surface area contributed by atoms with Gasteiger partial charge in [-0.15, -0.1) is 0 Å². The Labute approximate surface area is 83.9 Å². The third-order valence-corrected chi connectivity index (χ3v) is 2.54. The molecule has 82 valence electrons. The van der Waals surface area contributed by atoms with Crippen LogP contribution >= 0.6 is 0 Å². The molecule has 0 saturated carbocycles. The van der Waals surface area contributed by atoms with E-state index in [1.165, 1.54) is 0 Å². The monoisotopic (exact) mass is 202 g/mol. The van der Waals surface area contributed by atoms with Crippen molar-refractivity contribution < 1.29 is 19.8 Å². The van der Waals surface area contributed by atoms with Crippen molar-refractivity contribution in [1.82, 2.24) is 0 Å². The molecule has 0 rings (SSSR count). The molecule has 4 heteroatoms. The Hall–Kier alpha value is -1.06. The second kappa shape index (κ2) is 6.40. The fourth-order valence-electron chi connectivity index (χ4n) is 1.24. The van der Waals surface area contributed by atoms with E-state index in [-0.39, 0.29) is 18.3 Å². The molecule has 4 nitrogen and oxygen atoms in total. The lowest BCUT2D eigenvalue weighted by Crippen LogP contribution is -2.18. The van der Waals surface area contributed by atoms with Gasteiger partial charge in [0, 0.05) is 6.42 Å². The summed E-state index contributed by atoms with van der Waals surface area (Å²) < 4.78 is 0. The first-order chi connectivity index (χ1) is 6.45. The Morgan fingerprint density at radius 3 is 2.14 bits per heavy atom. The molecule has 0 amide bonds. The lowest BCUT2D eigenvalue weighted by atomic mass is 9.91. The van der Waals surface area contributed by atoms with Gasteiger partial charge in [-0.2, -0.15) is 0 Å². The highest BCUT2D eigenvalue weighted by Crippen LogP contribution is 2.18. The zero-order chi connectivity index (χ0) is 11.1. The fraction of sp³-hybridized carbons (Fsp3) is 0.800. The first-order valence-corrected chi connectivity index (χ1v) is 4.89. The van der Waals surface area contributed by atoms with Gasteiger partial charge in [-0.3, -0.25) is 9.59 Å². The van der Waals surface area contributed by atoms with Crippen LogP contribution in [0.2, 0.25) is 0 Å². The maximum Gasteiger partial charge on any atom is 0.306 e. The maximum atomic E-state index is 10.6. The predicted octanol–water partition coefficient (Wildman–Crippen LogP) is 1.99. The van der Waals surface area contributed by atoms with Gasteiger partial charge in [-0.25, -0.2) is 0 Å². The van der Waals surface area contributed by atoms with E-state index in [0.29, 0.717) is 6.42 Å². The van der Waals surface area contributed by atoms with Crippen LogP contribution in [0.25, 0.3) is 0 Å². The van der Waals surface area contributed by atoms with Crippen LogP contribution in [-0.2, 0) is 9.59 Å². The number of rotatable bonds is 7. The van der Waals surface area contributed by atoms with Crippen molar-refractivity contribution in [3.63, 3.8) is 0 Å². The summed E-state index contributed by atoms with van der Waals surface area (Å²) in [7, 11) is 0. The summed E-state index contributed by atoms with van der Waals surface area (Å²) in [6.07, 6.45) is 2.37. The van der Waals surface area contributed by atoms with Crippen LogP contribution in [-0.4, -0.2) is 22.2 Å². The molecule has 0 aliphatic rings. The molecule has 0 saturated heterocycles. The minimum Gasteiger partial charge on any atom is -0.481 e. The fourth-order valence-corrected chi connectivity index (χ4v) is 1.24. The third-order valence-electron chi connectivity index (χ3n) is 2.54. The lowest BCUT2D eigenvalue weighted by Gasteiger charge is -2.14. The normalized spacial score (nSPS) is 14.7. The van der Waals surface area contributed by atoms with E-state index >= 15 is 0 Å². The van der Waals surface area contributed by atoms with Gasteiger partial charge in [-0.05, 0) is 18.8 Å². The summed E-state index contributed by atoms with van der Waals surface area (Å²) in [6, 6.07) is 0. The van der Waals surface area contributed by atoms with Crippen LogP contribution < -0.4 is 0 Å². The molecule has 2 atom stereocenters. The molecule has 0 aliphatic heterocycles. The number of hydrogen-bond acceptors (Lipinski definition) is 2. The van der Waals surface area contributed by atoms with Crippen LogP contribution in [0.5, 0.6) is 0 Å². The van der Waals surface area contributed by atoms with Crippen LogP contribution in [0.3, 0.4) is 0 Å². The number of hydrogen-bond donors (Lipinski definition) is 2. The summed E-state index contributed by atoms with van der Waals surface area (Å²) in [5.74, 6) is -1.80. The Kier molecular flexibility index (Phi) is 5.92. The zero-order valence-electron chi connectivity index (χ0n) is 8.69. The lowest BCUT2D eigenvalue weighted by molar-refractivity contribution is -0.143. The van der Waals surface area contributed by atoms with Crippen LogP contribution in [0.4, 0.5) is 0 Å². The van der Waals surface area contributed by atoms with E-state index in [4.69, 9.17) is 10.2 Å². The van der Waals surface area contributed by atoms with E-state index in [0.717, 1.165) is 12.8 Å². The number of carboxylic acid groups (broad SMARTS) is 2. The molecule has 0 aliphatic carbocycles. The van der Waals surface area contributed by atoms with Crippen LogP contribution in [0, 0.1) is 11.8 Å². The van der Waals surface area contributed by atoms with Crippen molar-refractivity contribution in [2.45, 2.75) is 39.5 Å². The molecule has 0 aromatic heterocycles. The summed E-state index contributed by atoms with van der Waals surface area (Å²) in [4.78, 5) is 20.8. The van der Waals surface area contributed by atoms with E-state index in [1.807, 2.05) is 6.92 Å². The number of unbranched alkanes of at least 4 members (excludes halogenated alkanes) is 1. The molecular weight excluding hydrogens is 184 g/mol. The molecular formula is C10H18O4. The van der Waals surface area contributed by atoms with E-state index < -0.39 is 11.9 Å². The van der Waals surface area contributed by atoms with Crippen molar-refractivity contribution in [1.29, 1.82) is 0 Å². The quantitative estimate of drug-likeness (QED) is 0.619. The first-order valence-electron chi connectivity index (χ1n) is 4.89. The second-order valence-electron chi connectivity index (χ2n) is 3.74. The van der Waals surface area contributed by atoms with Crippen molar-refractivity contribution in [2.75, 3.05) is 0 Å². The Morgan fingerprint density at radius 1 is 1.14 bits per heavy atom. The summed E-state index contributed by atoms with van der Waals surface area (Å²) >= 11 is 0. The standard InChI is InChI=1S/C10H18O4/c1-7(8(2)10(13)14)5-3-4-6-9(11)12/h7-8H,3-6H2,1-2H3,(H,11,12)(H,13,14). The van der Waals surface area contributed by atoms with Gasteiger partial charge in [0.05, 0.1) is 5.92 Å². The van der Waals surface area contributed by atoms with Crippen molar-refractivity contribution in [3.05, 3.63) is 0 Å². The summed E-state index contributed by atoms with van der Waals surface area (Å²) in [5.41, 5.74) is 0. The maximum absolute atomic E-state index is 10.6. The van der Waals surface area contributed by atoms with Crippen molar-refractivity contribution in [2.24, 2.45) is 11.8 Å². The molecule has 2 N–H and O–H groups in total. The number of aliphatic carboxylic acids is 2. The molecule has 0 fully saturated rings. The molecule has 0 aromatic rings. The SMILES string of the molecule is CC(CCCCC(=O)O)C(C)C(=O)O. The van der Waals surface area contributed by atoms with Gasteiger partial charge in [0.25, 0.3) is 0 Å². The highest BCUT2D eigenvalue weighted by Gasteiger charge is 2.18. The van der Waals surface area contributed by atoms with Crippen LogP contribution in [0.1, 0.15) is 39.5 Å². The number of carboxylic acids is 2. The average molecular weight is 202 g/mol. The molecule has 14 heavy (non-hydrogen) atoms. The van der Waals surface area contributed by atoms with E-state index in [1.54, 1.807) is 6.92 Å². The Morgan fingerprint density at radius 2 is 1.71 bits per heavy atom. The van der Waals surface area contributed by atoms with Gasteiger partial charge in [0.15, 0.2) is 0 Å². The number of carbonyl (C=O) groups is 2. The Bertz CT molecular complexity index is 200. The molecule has 2 unspecified atom stereocenters. The third kappa shape index (κ3) is 5.56. The largest absolute Gasteiger partial charge is 0.481 e. The Balaban J connectivity index is 3.58. The smallest absolute Gasteiger partial charge is 0.306 e. The van der Waals surface area contributed by atoms with E-state index in [9.17, 15) is 9.59 Å². The first kappa shape index (κ1) is 12.9. The minimum absolute atomic E-state index is 0.112. The summed E-state index contributed by atoms with van der Waals surface area (Å²) in [5, 5.41) is 17.1. The predicted molar refractivity (Wildman–Crippen MR) is 52.1 cm³/mol. The van der Waals surface area contributed by atoms with Gasteiger partial charge in [0.2, 0.25) is 0 Å². The zero-order valence-corrected chi connectivity index (χ0v) is 8.69. The molecule has 0 heterocycles. The van der Waals surface area contributed by atoms with E-state index in [2.05, 4.69) is 0 Å². The van der Waals surface area contributed by atoms with Gasteiger partial charge in [-0.1, -0.05) is 20.3 Å². The second-order valence-corrected chi connectivity index (χ2v) is 3.74. The highest BCUT2D eigenvalue weighted by molar-refractivity contribution is 5.69. The summed E-state index contributed by atoms with van der Waals surface area (Å²) in [6.45, 7) is 3.57. The highest BCUT2D eigenvalue weighted by atomic mass is 16.4. The molecule has 0 aromatic carbocycles. The topological polar surface area (TPSA) is 74.6 Å². The minimum atomic E-state index is -0.788. The van der Waals surface area contributed by atoms with Crippen LogP contribution in [0.15, 0.2) is 0 Å². The van der Waals surface area contributed by atoms with Crippen molar-refractivity contribution >= 4 is 11.9 Å². The molecule has 0 bridgehead atoms. The van der Waals surface area contributed by atoms with Gasteiger partial charge >= 0.3 is 11.9 Å². The average Bonchev–Trinajstić information content (AvgIpc) is 2.10. The molecule has 0 spiro atoms. The van der Waals surface area contributed by atoms with Gasteiger partial charge < -0.3 is 10.2 Å². The van der Waals surface area contributed by atoms with Crippen molar-refractivity contribution in [3.8, 4) is 0 Å². The van der Waals surface area contributed by atoms with Gasteiger partial charge in [0.1, 0.15) is 0 Å².